The van der Waals surface area contributed by atoms with E-state index in [-0.39, 0.29) is 24.4 Å². The molecular formula is C16H22N2O2. The normalized spacial score (nSPS) is 19.9. The van der Waals surface area contributed by atoms with E-state index in [4.69, 9.17) is 0 Å². The molecule has 1 aromatic carbocycles. The van der Waals surface area contributed by atoms with Crippen LogP contribution in [0, 0.1) is 5.92 Å². The summed E-state index contributed by atoms with van der Waals surface area (Å²) in [6.45, 7) is 7.27. The summed E-state index contributed by atoms with van der Waals surface area (Å²) >= 11 is 0. The molecule has 0 radical (unpaired) electrons. The highest BCUT2D eigenvalue weighted by Crippen LogP contribution is 2.16. The molecule has 0 bridgehead atoms. The van der Waals surface area contributed by atoms with Gasteiger partial charge in [0.1, 0.15) is 12.6 Å². The van der Waals surface area contributed by atoms with Crippen molar-refractivity contribution < 1.29 is 9.59 Å². The smallest absolute Gasteiger partial charge is 0.245 e. The van der Waals surface area contributed by atoms with Gasteiger partial charge in [-0.1, -0.05) is 44.2 Å². The van der Waals surface area contributed by atoms with E-state index in [0.717, 1.165) is 5.56 Å². The van der Waals surface area contributed by atoms with Gasteiger partial charge in [0, 0.05) is 13.1 Å². The van der Waals surface area contributed by atoms with Crippen molar-refractivity contribution in [1.82, 2.24) is 9.80 Å². The minimum absolute atomic E-state index is 0.0362. The molecule has 0 N–H and O–H groups in total. The van der Waals surface area contributed by atoms with Gasteiger partial charge in [-0.25, -0.2) is 0 Å². The molecule has 0 saturated carbocycles. The average Bonchev–Trinajstić information content (AvgIpc) is 2.42. The molecule has 108 valence electrons. The van der Waals surface area contributed by atoms with Crippen LogP contribution >= 0.6 is 0 Å². The lowest BCUT2D eigenvalue weighted by atomic mass is 10.1. The van der Waals surface area contributed by atoms with Gasteiger partial charge in [0.05, 0.1) is 0 Å². The molecule has 2 rings (SSSR count). The topological polar surface area (TPSA) is 40.6 Å². The number of benzene rings is 1. The third-order valence-corrected chi connectivity index (χ3v) is 3.56. The Morgan fingerprint density at radius 2 is 1.85 bits per heavy atom. The van der Waals surface area contributed by atoms with Crippen LogP contribution in [0.25, 0.3) is 0 Å². The summed E-state index contributed by atoms with van der Waals surface area (Å²) in [6, 6.07) is 9.42. The van der Waals surface area contributed by atoms with Crippen molar-refractivity contribution in [3.63, 3.8) is 0 Å². The molecule has 0 unspecified atom stereocenters. The lowest BCUT2D eigenvalue weighted by Gasteiger charge is -2.39. The molecule has 1 atom stereocenters. The second-order valence-electron chi connectivity index (χ2n) is 5.80. The second-order valence-corrected chi connectivity index (χ2v) is 5.80. The first-order chi connectivity index (χ1) is 9.49. The molecular weight excluding hydrogens is 252 g/mol. The third-order valence-electron chi connectivity index (χ3n) is 3.56. The van der Waals surface area contributed by atoms with Crippen LogP contribution in [0.4, 0.5) is 0 Å². The molecule has 0 aliphatic carbocycles. The van der Waals surface area contributed by atoms with Gasteiger partial charge < -0.3 is 9.80 Å². The van der Waals surface area contributed by atoms with E-state index in [1.807, 2.05) is 37.3 Å². The van der Waals surface area contributed by atoms with Crippen LogP contribution in [0.3, 0.4) is 0 Å². The molecule has 1 saturated heterocycles. The minimum Gasteiger partial charge on any atom is -0.329 e. The van der Waals surface area contributed by atoms with Gasteiger partial charge in [-0.05, 0) is 18.4 Å². The first kappa shape index (κ1) is 14.6. The van der Waals surface area contributed by atoms with E-state index in [2.05, 4.69) is 13.8 Å². The molecule has 1 fully saturated rings. The Balaban J connectivity index is 2.08. The molecule has 4 nitrogen and oxygen atoms in total. The lowest BCUT2D eigenvalue weighted by molar-refractivity contribution is -0.156. The van der Waals surface area contributed by atoms with E-state index >= 15 is 0 Å². The summed E-state index contributed by atoms with van der Waals surface area (Å²) in [5.74, 6) is 0.450. The van der Waals surface area contributed by atoms with Gasteiger partial charge in [0.25, 0.3) is 0 Å². The zero-order chi connectivity index (χ0) is 14.7. The van der Waals surface area contributed by atoms with E-state index in [1.165, 1.54) is 0 Å². The van der Waals surface area contributed by atoms with Crippen LogP contribution in [0.15, 0.2) is 30.3 Å². The van der Waals surface area contributed by atoms with Crippen molar-refractivity contribution in [3.05, 3.63) is 35.9 Å². The quantitative estimate of drug-likeness (QED) is 0.841. The Kier molecular flexibility index (Phi) is 4.42. The first-order valence-electron chi connectivity index (χ1n) is 7.11. The Morgan fingerprint density at radius 1 is 1.20 bits per heavy atom. The Hall–Kier alpha value is -1.84. The standard InChI is InChI=1S/C16H22N2O2/c1-12(2)9-18-13(3)16(20)17(11-15(18)19)10-14-7-5-4-6-8-14/h4-8,12-13H,9-11H2,1-3H3/t13-/m1/s1. The first-order valence-corrected chi connectivity index (χ1v) is 7.11. The number of carbonyl (C=O) groups excluding carboxylic acids is 2. The zero-order valence-electron chi connectivity index (χ0n) is 12.4. The monoisotopic (exact) mass is 274 g/mol. The highest BCUT2D eigenvalue weighted by molar-refractivity contribution is 5.94. The second kappa shape index (κ2) is 6.07. The molecule has 4 heteroatoms. The summed E-state index contributed by atoms with van der Waals surface area (Å²) in [6.07, 6.45) is 0. The van der Waals surface area contributed by atoms with Crippen LogP contribution in [0.1, 0.15) is 26.3 Å². The van der Waals surface area contributed by atoms with Gasteiger partial charge >= 0.3 is 0 Å². The van der Waals surface area contributed by atoms with E-state index in [9.17, 15) is 9.59 Å². The van der Waals surface area contributed by atoms with Crippen LogP contribution in [0.2, 0.25) is 0 Å². The van der Waals surface area contributed by atoms with Crippen molar-refractivity contribution in [2.45, 2.75) is 33.4 Å². The largest absolute Gasteiger partial charge is 0.329 e. The van der Waals surface area contributed by atoms with Crippen molar-refractivity contribution >= 4 is 11.8 Å². The predicted molar refractivity (Wildman–Crippen MR) is 77.9 cm³/mol. The Labute approximate surface area is 120 Å². The van der Waals surface area contributed by atoms with Crippen LogP contribution < -0.4 is 0 Å². The number of amides is 2. The maximum absolute atomic E-state index is 12.4. The van der Waals surface area contributed by atoms with Crippen molar-refractivity contribution in [2.24, 2.45) is 5.92 Å². The molecule has 1 aliphatic rings. The number of carbonyl (C=O) groups is 2. The summed E-state index contributed by atoms with van der Waals surface area (Å²) in [5, 5.41) is 0. The fraction of sp³-hybridized carbons (Fsp3) is 0.500. The van der Waals surface area contributed by atoms with Gasteiger partial charge in [-0.2, -0.15) is 0 Å². The summed E-state index contributed by atoms with van der Waals surface area (Å²) in [7, 11) is 0. The average molecular weight is 274 g/mol. The van der Waals surface area contributed by atoms with Crippen molar-refractivity contribution in [1.29, 1.82) is 0 Å². The van der Waals surface area contributed by atoms with Crippen molar-refractivity contribution in [2.75, 3.05) is 13.1 Å². The summed E-state index contributed by atoms with van der Waals surface area (Å²) in [4.78, 5) is 28.0. The lowest BCUT2D eigenvalue weighted by Crippen LogP contribution is -2.59. The van der Waals surface area contributed by atoms with E-state index < -0.39 is 0 Å². The van der Waals surface area contributed by atoms with Gasteiger partial charge in [0.2, 0.25) is 11.8 Å². The maximum atomic E-state index is 12.4. The number of hydrogen-bond donors (Lipinski definition) is 0. The van der Waals surface area contributed by atoms with Crippen LogP contribution in [-0.4, -0.2) is 40.7 Å². The molecule has 1 heterocycles. The van der Waals surface area contributed by atoms with Crippen molar-refractivity contribution in [3.8, 4) is 0 Å². The number of nitrogens with zero attached hydrogens (tertiary/aromatic N) is 2. The third kappa shape index (κ3) is 3.18. The highest BCUT2D eigenvalue weighted by Gasteiger charge is 2.36. The molecule has 1 aromatic rings. The number of piperazine rings is 1. The van der Waals surface area contributed by atoms with E-state index in [0.29, 0.717) is 19.0 Å². The zero-order valence-corrected chi connectivity index (χ0v) is 12.4. The summed E-state index contributed by atoms with van der Waals surface area (Å²) in [5.41, 5.74) is 1.05. The Bertz CT molecular complexity index is 485. The van der Waals surface area contributed by atoms with Gasteiger partial charge in [0.15, 0.2) is 0 Å². The Morgan fingerprint density at radius 3 is 2.45 bits per heavy atom. The fourth-order valence-electron chi connectivity index (χ4n) is 2.54. The van der Waals surface area contributed by atoms with E-state index in [1.54, 1.807) is 9.80 Å². The molecule has 20 heavy (non-hydrogen) atoms. The minimum atomic E-state index is -0.359. The molecule has 0 spiro atoms. The number of rotatable bonds is 4. The molecule has 1 aliphatic heterocycles. The maximum Gasteiger partial charge on any atom is 0.245 e. The highest BCUT2D eigenvalue weighted by atomic mass is 16.2. The number of hydrogen-bond acceptors (Lipinski definition) is 2. The summed E-state index contributed by atoms with van der Waals surface area (Å²) < 4.78 is 0. The van der Waals surface area contributed by atoms with Gasteiger partial charge in [-0.15, -0.1) is 0 Å². The van der Waals surface area contributed by atoms with Gasteiger partial charge in [-0.3, -0.25) is 9.59 Å². The molecule has 0 aromatic heterocycles. The van der Waals surface area contributed by atoms with Crippen LogP contribution in [0.5, 0.6) is 0 Å². The SMILES string of the molecule is CC(C)CN1C(=O)CN(Cc2ccccc2)C(=O)[C@H]1C. The predicted octanol–water partition coefficient (Wildman–Crippen LogP) is 1.90. The fourth-order valence-corrected chi connectivity index (χ4v) is 2.54. The van der Waals surface area contributed by atoms with Crippen LogP contribution in [-0.2, 0) is 16.1 Å². The molecule has 2 amide bonds.